The van der Waals surface area contributed by atoms with Crippen LogP contribution in [-0.2, 0) is 0 Å². The van der Waals surface area contributed by atoms with Gasteiger partial charge in [-0.1, -0.05) is 25.1 Å². The van der Waals surface area contributed by atoms with E-state index in [1.165, 1.54) is 0 Å². The number of amides is 2. The summed E-state index contributed by atoms with van der Waals surface area (Å²) in [5, 5.41) is 16.8. The van der Waals surface area contributed by atoms with Crippen LogP contribution in [0.2, 0.25) is 0 Å². The third-order valence-electron chi connectivity index (χ3n) is 4.14. The van der Waals surface area contributed by atoms with Gasteiger partial charge in [0, 0.05) is 35.2 Å². The number of aliphatic hydroxyl groups excluding tert-OH is 1. The Morgan fingerprint density at radius 1 is 1.13 bits per heavy atom. The molecule has 0 fully saturated rings. The van der Waals surface area contributed by atoms with Crippen molar-refractivity contribution in [2.75, 3.05) is 11.9 Å². The van der Waals surface area contributed by atoms with E-state index in [2.05, 4.69) is 10.6 Å². The summed E-state index contributed by atoms with van der Waals surface area (Å²) in [6.45, 7) is 3.78. The number of benzene rings is 2. The minimum Gasteiger partial charge on any atom is -0.456 e. The predicted octanol–water partition coefficient (Wildman–Crippen LogP) is 3.72. The SMILES string of the molecule is CC(CO)C(C)NC(=O)Nc1ccc2c(c1)oc1ccccc12. The molecule has 5 heteroatoms. The first-order chi connectivity index (χ1) is 11.1. The lowest BCUT2D eigenvalue weighted by atomic mass is 10.1. The van der Waals surface area contributed by atoms with Gasteiger partial charge in [-0.15, -0.1) is 0 Å². The smallest absolute Gasteiger partial charge is 0.319 e. The molecule has 0 radical (unpaired) electrons. The average Bonchev–Trinajstić information content (AvgIpc) is 2.91. The normalized spacial score (nSPS) is 13.9. The first kappa shape index (κ1) is 15.4. The second-order valence-electron chi connectivity index (χ2n) is 5.86. The lowest BCUT2D eigenvalue weighted by Crippen LogP contribution is -2.40. The van der Waals surface area contributed by atoms with Gasteiger partial charge in [-0.25, -0.2) is 4.79 Å². The van der Waals surface area contributed by atoms with Gasteiger partial charge in [0.1, 0.15) is 11.2 Å². The number of furan rings is 1. The average molecular weight is 312 g/mol. The summed E-state index contributed by atoms with van der Waals surface area (Å²) >= 11 is 0. The molecule has 1 aromatic heterocycles. The van der Waals surface area contributed by atoms with Crippen molar-refractivity contribution >= 4 is 33.7 Å². The first-order valence-electron chi connectivity index (χ1n) is 7.68. The number of carbonyl (C=O) groups is 1. The number of fused-ring (bicyclic) bond motifs is 3. The molecule has 0 aliphatic heterocycles. The molecule has 0 spiro atoms. The zero-order chi connectivity index (χ0) is 16.4. The summed E-state index contributed by atoms with van der Waals surface area (Å²) in [5.74, 6) is -0.00129. The summed E-state index contributed by atoms with van der Waals surface area (Å²) in [6, 6.07) is 13.0. The van der Waals surface area contributed by atoms with Gasteiger partial charge >= 0.3 is 6.03 Å². The Bertz CT molecular complexity index is 841. The third-order valence-corrected chi connectivity index (χ3v) is 4.14. The van der Waals surface area contributed by atoms with Crippen molar-refractivity contribution in [1.82, 2.24) is 5.32 Å². The minimum atomic E-state index is -0.298. The van der Waals surface area contributed by atoms with Gasteiger partial charge in [0.25, 0.3) is 0 Å². The number of aliphatic hydroxyl groups is 1. The van der Waals surface area contributed by atoms with Gasteiger partial charge in [-0.2, -0.15) is 0 Å². The Morgan fingerprint density at radius 2 is 1.87 bits per heavy atom. The number of nitrogens with one attached hydrogen (secondary N) is 2. The van der Waals surface area contributed by atoms with Gasteiger partial charge < -0.3 is 20.2 Å². The van der Waals surface area contributed by atoms with Crippen LogP contribution in [-0.4, -0.2) is 23.8 Å². The Labute approximate surface area is 134 Å². The molecule has 0 aliphatic rings. The number of carbonyl (C=O) groups excluding carboxylic acids is 1. The van der Waals surface area contributed by atoms with E-state index in [-0.39, 0.29) is 24.6 Å². The zero-order valence-electron chi connectivity index (χ0n) is 13.2. The van der Waals surface area contributed by atoms with E-state index in [1.807, 2.05) is 56.3 Å². The van der Waals surface area contributed by atoms with Crippen LogP contribution in [0, 0.1) is 5.92 Å². The van der Waals surface area contributed by atoms with Crippen LogP contribution in [0.4, 0.5) is 10.5 Å². The summed E-state index contributed by atoms with van der Waals surface area (Å²) < 4.78 is 5.81. The largest absolute Gasteiger partial charge is 0.456 e. The maximum atomic E-state index is 12.0. The van der Waals surface area contributed by atoms with Gasteiger partial charge in [-0.05, 0) is 31.0 Å². The van der Waals surface area contributed by atoms with E-state index in [0.717, 1.165) is 21.9 Å². The van der Waals surface area contributed by atoms with Crippen LogP contribution in [0.15, 0.2) is 46.9 Å². The molecule has 2 atom stereocenters. The van der Waals surface area contributed by atoms with Crippen LogP contribution in [0.5, 0.6) is 0 Å². The molecule has 3 N–H and O–H groups in total. The van der Waals surface area contributed by atoms with Gasteiger partial charge in [0.05, 0.1) is 0 Å². The molecule has 0 aliphatic carbocycles. The molecule has 23 heavy (non-hydrogen) atoms. The molecule has 0 saturated heterocycles. The first-order valence-corrected chi connectivity index (χ1v) is 7.68. The van der Waals surface area contributed by atoms with E-state index < -0.39 is 0 Å². The Balaban J connectivity index is 1.78. The van der Waals surface area contributed by atoms with Crippen LogP contribution in [0.25, 0.3) is 21.9 Å². The standard InChI is InChI=1S/C18H20N2O3/c1-11(10-21)12(2)19-18(22)20-13-7-8-15-14-5-3-4-6-16(14)23-17(15)9-13/h3-9,11-12,21H,10H2,1-2H3,(H2,19,20,22). The highest BCUT2D eigenvalue weighted by Crippen LogP contribution is 2.30. The summed E-state index contributed by atoms with van der Waals surface area (Å²) in [5.41, 5.74) is 2.23. The highest BCUT2D eigenvalue weighted by molar-refractivity contribution is 6.06. The molecule has 0 saturated carbocycles. The van der Waals surface area contributed by atoms with Crippen LogP contribution >= 0.6 is 0 Å². The molecular weight excluding hydrogens is 292 g/mol. The quantitative estimate of drug-likeness (QED) is 0.687. The number of anilines is 1. The predicted molar refractivity (Wildman–Crippen MR) is 91.6 cm³/mol. The van der Waals surface area contributed by atoms with E-state index in [0.29, 0.717) is 5.69 Å². The minimum absolute atomic E-state index is 0.00129. The third kappa shape index (κ3) is 3.14. The maximum absolute atomic E-state index is 12.0. The maximum Gasteiger partial charge on any atom is 0.319 e. The number of urea groups is 1. The van der Waals surface area contributed by atoms with Crippen molar-refractivity contribution in [3.8, 4) is 0 Å². The fraction of sp³-hybridized carbons (Fsp3) is 0.278. The lowest BCUT2D eigenvalue weighted by molar-refractivity contribution is 0.204. The topological polar surface area (TPSA) is 74.5 Å². The number of hydrogen-bond donors (Lipinski definition) is 3. The second kappa shape index (κ2) is 6.30. The van der Waals surface area contributed by atoms with E-state index in [1.54, 1.807) is 0 Å². The molecule has 2 unspecified atom stereocenters. The number of rotatable bonds is 4. The zero-order valence-corrected chi connectivity index (χ0v) is 13.2. The molecule has 2 aromatic carbocycles. The molecule has 1 heterocycles. The molecule has 5 nitrogen and oxygen atoms in total. The van der Waals surface area contributed by atoms with E-state index in [9.17, 15) is 4.79 Å². The fourth-order valence-electron chi connectivity index (χ4n) is 2.48. The van der Waals surface area contributed by atoms with Gasteiger partial charge in [0.2, 0.25) is 0 Å². The van der Waals surface area contributed by atoms with Crippen molar-refractivity contribution in [3.05, 3.63) is 42.5 Å². The molecule has 3 rings (SSSR count). The molecular formula is C18H20N2O3. The van der Waals surface area contributed by atoms with Crippen molar-refractivity contribution in [2.45, 2.75) is 19.9 Å². The molecule has 2 amide bonds. The monoisotopic (exact) mass is 312 g/mol. The van der Waals surface area contributed by atoms with Crippen LogP contribution in [0.1, 0.15) is 13.8 Å². The number of para-hydroxylation sites is 1. The molecule has 120 valence electrons. The van der Waals surface area contributed by atoms with Crippen LogP contribution < -0.4 is 10.6 Å². The highest BCUT2D eigenvalue weighted by atomic mass is 16.3. The Kier molecular flexibility index (Phi) is 4.21. The Hall–Kier alpha value is -2.53. The molecule has 0 bridgehead atoms. The van der Waals surface area contributed by atoms with Crippen molar-refractivity contribution < 1.29 is 14.3 Å². The summed E-state index contributed by atoms with van der Waals surface area (Å²) in [7, 11) is 0. The van der Waals surface area contributed by atoms with E-state index >= 15 is 0 Å². The number of hydrogen-bond acceptors (Lipinski definition) is 3. The van der Waals surface area contributed by atoms with Crippen molar-refractivity contribution in [3.63, 3.8) is 0 Å². The van der Waals surface area contributed by atoms with Crippen LogP contribution in [0.3, 0.4) is 0 Å². The van der Waals surface area contributed by atoms with E-state index in [4.69, 9.17) is 9.52 Å². The second-order valence-corrected chi connectivity index (χ2v) is 5.86. The lowest BCUT2D eigenvalue weighted by Gasteiger charge is -2.19. The van der Waals surface area contributed by atoms with Crippen molar-refractivity contribution in [1.29, 1.82) is 0 Å². The summed E-state index contributed by atoms with van der Waals surface area (Å²) in [6.07, 6.45) is 0. The van der Waals surface area contributed by atoms with Gasteiger partial charge in [0.15, 0.2) is 0 Å². The van der Waals surface area contributed by atoms with Crippen molar-refractivity contribution in [2.24, 2.45) is 5.92 Å². The summed E-state index contributed by atoms with van der Waals surface area (Å²) in [4.78, 5) is 12.0. The Morgan fingerprint density at radius 3 is 2.65 bits per heavy atom. The fourth-order valence-corrected chi connectivity index (χ4v) is 2.48. The highest BCUT2D eigenvalue weighted by Gasteiger charge is 2.14. The molecule has 3 aromatic rings. The van der Waals surface area contributed by atoms with Gasteiger partial charge in [-0.3, -0.25) is 0 Å².